The quantitative estimate of drug-likeness (QED) is 0.746. The summed E-state index contributed by atoms with van der Waals surface area (Å²) < 4.78 is 1.35. The van der Waals surface area contributed by atoms with Crippen molar-refractivity contribution in [1.82, 2.24) is 14.8 Å². The van der Waals surface area contributed by atoms with Crippen LogP contribution in [0.25, 0.3) is 10.8 Å². The number of nitrogens with one attached hydrogen (secondary N) is 1. The van der Waals surface area contributed by atoms with Gasteiger partial charge in [-0.3, -0.25) is 19.0 Å². The highest BCUT2D eigenvalue weighted by Gasteiger charge is 2.39. The third-order valence-corrected chi connectivity index (χ3v) is 4.98. The number of fused-ring (bicyclic) bond motifs is 2. The van der Waals surface area contributed by atoms with E-state index >= 15 is 0 Å². The molecule has 3 aromatic rings. The molecule has 0 fully saturated rings. The van der Waals surface area contributed by atoms with Gasteiger partial charge in [-0.25, -0.2) is 0 Å². The van der Waals surface area contributed by atoms with Crippen LogP contribution in [0.5, 0.6) is 0 Å². The topological polar surface area (TPSA) is 71.4 Å². The number of hydrogen-bond donors (Lipinski definition) is 1. The minimum absolute atomic E-state index is 0.161. The van der Waals surface area contributed by atoms with Gasteiger partial charge in [0.1, 0.15) is 18.3 Å². The van der Waals surface area contributed by atoms with Gasteiger partial charge < -0.3 is 10.2 Å². The van der Waals surface area contributed by atoms with E-state index in [2.05, 4.69) is 5.32 Å². The lowest BCUT2D eigenvalue weighted by Gasteiger charge is -2.36. The maximum Gasteiger partial charge on any atom is 0.272 e. The Morgan fingerprint density at radius 2 is 1.72 bits per heavy atom. The zero-order valence-electron chi connectivity index (χ0n) is 16.7. The molecule has 0 bridgehead atoms. The Morgan fingerprint density at radius 3 is 2.48 bits per heavy atom. The van der Waals surface area contributed by atoms with Crippen LogP contribution in [0, 0.1) is 0 Å². The first-order valence-electron chi connectivity index (χ1n) is 9.57. The molecule has 2 aromatic carbocycles. The van der Waals surface area contributed by atoms with Crippen molar-refractivity contribution >= 4 is 28.5 Å². The van der Waals surface area contributed by atoms with Crippen LogP contribution in [0.4, 0.5) is 0 Å². The van der Waals surface area contributed by atoms with E-state index in [1.165, 1.54) is 9.47 Å². The number of carbonyl (C=O) groups is 3. The zero-order valence-corrected chi connectivity index (χ0v) is 16.7. The second-order valence-corrected chi connectivity index (χ2v) is 8.30. The fourth-order valence-electron chi connectivity index (χ4n) is 3.80. The highest BCUT2D eigenvalue weighted by Crippen LogP contribution is 2.31. The molecule has 1 aliphatic heterocycles. The Labute approximate surface area is 169 Å². The molecule has 6 heteroatoms. The first kappa shape index (κ1) is 18.9. The van der Waals surface area contributed by atoms with Gasteiger partial charge >= 0.3 is 0 Å². The molecule has 1 N–H and O–H groups in total. The molecule has 2 amide bonds. The molecule has 0 aliphatic carbocycles. The molecule has 4 rings (SSSR count). The van der Waals surface area contributed by atoms with Crippen molar-refractivity contribution in [3.63, 3.8) is 0 Å². The highest BCUT2D eigenvalue weighted by atomic mass is 16.2. The summed E-state index contributed by atoms with van der Waals surface area (Å²) in [6, 6.07) is 15.8. The van der Waals surface area contributed by atoms with Gasteiger partial charge in [-0.1, -0.05) is 42.5 Å². The van der Waals surface area contributed by atoms with Crippen LogP contribution in [-0.2, 0) is 4.79 Å². The van der Waals surface area contributed by atoms with Gasteiger partial charge in [0.05, 0.1) is 0 Å². The summed E-state index contributed by atoms with van der Waals surface area (Å²) in [4.78, 5) is 40.6. The van der Waals surface area contributed by atoms with Gasteiger partial charge in [0.2, 0.25) is 5.91 Å². The van der Waals surface area contributed by atoms with Crippen LogP contribution < -0.4 is 5.32 Å². The van der Waals surface area contributed by atoms with Crippen LogP contribution in [0.1, 0.15) is 47.7 Å². The Morgan fingerprint density at radius 1 is 1.00 bits per heavy atom. The summed E-state index contributed by atoms with van der Waals surface area (Å²) in [6.45, 7) is 5.50. The highest BCUT2D eigenvalue weighted by molar-refractivity contribution is 6.06. The van der Waals surface area contributed by atoms with Crippen molar-refractivity contribution in [2.24, 2.45) is 0 Å². The monoisotopic (exact) mass is 389 g/mol. The average molecular weight is 389 g/mol. The van der Waals surface area contributed by atoms with Crippen molar-refractivity contribution in [3.8, 4) is 0 Å². The van der Waals surface area contributed by atoms with E-state index in [1.807, 2.05) is 63.2 Å². The molecule has 6 nitrogen and oxygen atoms in total. The molecule has 1 atom stereocenters. The van der Waals surface area contributed by atoms with Gasteiger partial charge in [0.15, 0.2) is 0 Å². The first-order valence-corrected chi connectivity index (χ1v) is 9.57. The number of rotatable bonds is 3. The lowest BCUT2D eigenvalue weighted by atomic mass is 9.95. The van der Waals surface area contributed by atoms with Crippen LogP contribution in [-0.4, -0.2) is 39.3 Å². The molecule has 1 aliphatic rings. The molecule has 0 spiro atoms. The second-order valence-electron chi connectivity index (χ2n) is 8.30. The summed E-state index contributed by atoms with van der Waals surface area (Å²) in [5, 5.41) is 4.83. The van der Waals surface area contributed by atoms with Crippen LogP contribution in [0.3, 0.4) is 0 Å². The predicted octanol–water partition coefficient (Wildman–Crippen LogP) is 3.39. The Balaban J connectivity index is 1.87. The third-order valence-electron chi connectivity index (χ3n) is 4.98. The maximum absolute atomic E-state index is 13.4. The number of hydrogen-bond acceptors (Lipinski definition) is 3. The molecule has 0 saturated heterocycles. The summed E-state index contributed by atoms with van der Waals surface area (Å²) in [5.74, 6) is -0.884. The van der Waals surface area contributed by atoms with Crippen molar-refractivity contribution in [2.45, 2.75) is 32.4 Å². The Bertz CT molecular complexity index is 1120. The van der Waals surface area contributed by atoms with E-state index in [0.29, 0.717) is 5.56 Å². The van der Waals surface area contributed by atoms with Crippen LogP contribution >= 0.6 is 0 Å². The molecular weight excluding hydrogens is 366 g/mol. The molecular formula is C23H23N3O3. The number of aromatic nitrogens is 1. The molecule has 2 heterocycles. The minimum Gasteiger partial charge on any atom is -0.349 e. The van der Waals surface area contributed by atoms with E-state index in [1.54, 1.807) is 18.3 Å². The standard InChI is InChI=1S/C23H23N3O3/c1-23(2,3)24-21(28)20(17-11-6-9-15-8-4-5-10-16(15)17)26-14-19(27)25-13-7-12-18(25)22(26)29/h4-13,20H,14H2,1-3H3,(H,24,28). The first-order chi connectivity index (χ1) is 13.8. The van der Waals surface area contributed by atoms with E-state index in [0.717, 1.165) is 10.8 Å². The number of nitrogens with zero attached hydrogens (tertiary/aromatic N) is 2. The van der Waals surface area contributed by atoms with Gasteiger partial charge in [0.25, 0.3) is 11.8 Å². The third kappa shape index (κ3) is 3.42. The molecule has 148 valence electrons. The summed E-state index contributed by atoms with van der Waals surface area (Å²) in [6.07, 6.45) is 1.58. The molecule has 29 heavy (non-hydrogen) atoms. The average Bonchev–Trinajstić information content (AvgIpc) is 3.15. The number of benzene rings is 2. The van der Waals surface area contributed by atoms with E-state index in [-0.39, 0.29) is 30.0 Å². The maximum atomic E-state index is 13.4. The van der Waals surface area contributed by atoms with Gasteiger partial charge in [-0.05, 0) is 49.2 Å². The van der Waals surface area contributed by atoms with E-state index in [4.69, 9.17) is 0 Å². The van der Waals surface area contributed by atoms with E-state index in [9.17, 15) is 14.4 Å². The van der Waals surface area contributed by atoms with Crippen molar-refractivity contribution in [2.75, 3.05) is 6.54 Å². The lowest BCUT2D eigenvalue weighted by Crippen LogP contribution is -2.53. The normalized spacial score (nSPS) is 15.3. The zero-order chi connectivity index (χ0) is 20.8. The minimum atomic E-state index is -0.916. The summed E-state index contributed by atoms with van der Waals surface area (Å²) >= 11 is 0. The van der Waals surface area contributed by atoms with E-state index < -0.39 is 11.6 Å². The van der Waals surface area contributed by atoms with Crippen LogP contribution in [0.15, 0.2) is 60.8 Å². The van der Waals surface area contributed by atoms with Crippen molar-refractivity contribution in [1.29, 1.82) is 0 Å². The summed E-state index contributed by atoms with van der Waals surface area (Å²) in [7, 11) is 0. The van der Waals surface area contributed by atoms with Crippen molar-refractivity contribution < 1.29 is 14.4 Å². The fraction of sp³-hybridized carbons (Fsp3) is 0.261. The predicted molar refractivity (Wildman–Crippen MR) is 111 cm³/mol. The van der Waals surface area contributed by atoms with Crippen LogP contribution in [0.2, 0.25) is 0 Å². The number of carbonyl (C=O) groups excluding carboxylic acids is 3. The molecule has 0 saturated carbocycles. The largest absolute Gasteiger partial charge is 0.349 e. The van der Waals surface area contributed by atoms with Gasteiger partial charge in [-0.2, -0.15) is 0 Å². The fourth-order valence-corrected chi connectivity index (χ4v) is 3.80. The second kappa shape index (κ2) is 6.88. The SMILES string of the molecule is CC(C)(C)NC(=O)C(c1cccc2ccccc12)N1CC(=O)n2cccc2C1=O. The lowest BCUT2D eigenvalue weighted by molar-refractivity contribution is -0.127. The summed E-state index contributed by atoms with van der Waals surface area (Å²) in [5.41, 5.74) is 0.490. The molecule has 0 radical (unpaired) electrons. The number of amides is 2. The van der Waals surface area contributed by atoms with Crippen molar-refractivity contribution in [3.05, 3.63) is 72.1 Å². The molecule has 1 aromatic heterocycles. The molecule has 1 unspecified atom stereocenters. The Kier molecular flexibility index (Phi) is 4.49. The smallest absolute Gasteiger partial charge is 0.272 e. The van der Waals surface area contributed by atoms with Gasteiger partial charge in [0, 0.05) is 11.7 Å². The Hall–Kier alpha value is -3.41. The van der Waals surface area contributed by atoms with Gasteiger partial charge in [-0.15, -0.1) is 0 Å².